The van der Waals surface area contributed by atoms with Crippen molar-refractivity contribution in [2.24, 2.45) is 17.3 Å². The Morgan fingerprint density at radius 2 is 1.81 bits per heavy atom. The third kappa shape index (κ3) is 9.59. The number of likely N-dealkylation sites (tertiary alicyclic amines) is 2. The van der Waals surface area contributed by atoms with Crippen molar-refractivity contribution in [1.29, 1.82) is 0 Å². The molecule has 0 saturated carbocycles. The normalized spacial score (nSPS) is 22.3. The highest BCUT2D eigenvalue weighted by Gasteiger charge is 2.39. The van der Waals surface area contributed by atoms with E-state index in [2.05, 4.69) is 31.1 Å². The van der Waals surface area contributed by atoms with Crippen LogP contribution in [0.5, 0.6) is 5.75 Å². The Morgan fingerprint density at radius 1 is 1.10 bits per heavy atom. The molecule has 0 spiro atoms. The van der Waals surface area contributed by atoms with E-state index in [1.807, 2.05) is 0 Å². The molecule has 4 atom stereocenters. The van der Waals surface area contributed by atoms with Gasteiger partial charge in [-0.3, -0.25) is 19.4 Å². The Balaban J connectivity index is 1.59. The summed E-state index contributed by atoms with van der Waals surface area (Å²) in [6, 6.07) is 0.622. The average molecular weight is 589 g/mol. The lowest BCUT2D eigenvalue weighted by Gasteiger charge is -2.44. The summed E-state index contributed by atoms with van der Waals surface area (Å²) in [6.07, 6.45) is 5.59. The largest absolute Gasteiger partial charge is 0.506 e. The molecule has 0 bridgehead atoms. The Hall–Kier alpha value is -3.37. The Bertz CT molecular complexity index is 1130. The van der Waals surface area contributed by atoms with Crippen LogP contribution in [0.3, 0.4) is 0 Å². The fraction of sp³-hybridized carbons (Fsp3) is 0.710. The van der Waals surface area contributed by atoms with Gasteiger partial charge in [-0.2, -0.15) is 0 Å². The summed E-state index contributed by atoms with van der Waals surface area (Å²) in [6.45, 7) is 12.8. The van der Waals surface area contributed by atoms with Gasteiger partial charge in [0.2, 0.25) is 11.8 Å². The molecule has 2 unspecified atom stereocenters. The number of carbonyl (C=O) groups is 4. The number of aromatic nitrogens is 1. The molecule has 0 aromatic carbocycles. The molecule has 0 radical (unpaired) electrons. The second kappa shape index (κ2) is 13.7. The van der Waals surface area contributed by atoms with Crippen molar-refractivity contribution >= 4 is 23.9 Å². The highest BCUT2D eigenvalue weighted by Crippen LogP contribution is 2.36. The number of hydrogen-bond donors (Lipinski definition) is 3. The first-order valence-electron chi connectivity index (χ1n) is 15.0. The maximum absolute atomic E-state index is 13.4. The van der Waals surface area contributed by atoms with Gasteiger partial charge in [-0.25, -0.2) is 4.79 Å². The number of aromatic hydroxyl groups is 1. The third-order valence-electron chi connectivity index (χ3n) is 8.12. The molecule has 3 heterocycles. The highest BCUT2D eigenvalue weighted by atomic mass is 16.6. The van der Waals surface area contributed by atoms with Gasteiger partial charge in [0.1, 0.15) is 11.4 Å². The van der Waals surface area contributed by atoms with Gasteiger partial charge in [-0.15, -0.1) is 0 Å². The van der Waals surface area contributed by atoms with Crippen LogP contribution in [0.15, 0.2) is 18.5 Å². The number of rotatable bonds is 8. The van der Waals surface area contributed by atoms with Crippen molar-refractivity contribution in [3.05, 3.63) is 24.0 Å². The van der Waals surface area contributed by atoms with Gasteiger partial charge >= 0.3 is 12.1 Å². The number of piperidine rings is 2. The monoisotopic (exact) mass is 588 g/mol. The number of esters is 1. The molecule has 42 heavy (non-hydrogen) atoms. The summed E-state index contributed by atoms with van der Waals surface area (Å²) in [5, 5.41) is 22.5. The zero-order valence-electron chi connectivity index (χ0n) is 25.9. The lowest BCUT2D eigenvalue weighted by molar-refractivity contribution is -0.155. The van der Waals surface area contributed by atoms with E-state index in [0.29, 0.717) is 50.9 Å². The molecule has 234 valence electrons. The van der Waals surface area contributed by atoms with E-state index in [0.717, 1.165) is 12.8 Å². The smallest absolute Gasteiger partial charge is 0.407 e. The molecule has 3 N–H and O–H groups in total. The molecule has 2 aliphatic heterocycles. The summed E-state index contributed by atoms with van der Waals surface area (Å²) < 4.78 is 5.46. The first-order chi connectivity index (χ1) is 19.5. The fourth-order valence-corrected chi connectivity index (χ4v) is 5.98. The van der Waals surface area contributed by atoms with Crippen molar-refractivity contribution in [2.75, 3.05) is 19.6 Å². The topological polar surface area (TPSA) is 149 Å². The highest BCUT2D eigenvalue weighted by molar-refractivity contribution is 5.82. The Labute approximate surface area is 249 Å². The van der Waals surface area contributed by atoms with Crippen molar-refractivity contribution in [1.82, 2.24) is 20.1 Å². The van der Waals surface area contributed by atoms with Crippen LogP contribution >= 0.6 is 0 Å². The second-order valence-electron chi connectivity index (χ2n) is 13.8. The second-order valence-corrected chi connectivity index (χ2v) is 13.8. The number of nitrogens with zero attached hydrogens (tertiary/aromatic N) is 3. The number of nitrogens with one attached hydrogen (secondary N) is 1. The third-order valence-corrected chi connectivity index (χ3v) is 8.12. The van der Waals surface area contributed by atoms with Gasteiger partial charge in [0, 0.05) is 38.3 Å². The van der Waals surface area contributed by atoms with E-state index in [4.69, 9.17) is 4.74 Å². The lowest BCUT2D eigenvalue weighted by Crippen LogP contribution is -2.51. The van der Waals surface area contributed by atoms with Gasteiger partial charge in [0.25, 0.3) is 0 Å². The minimum absolute atomic E-state index is 0.00274. The van der Waals surface area contributed by atoms with Gasteiger partial charge in [-0.1, -0.05) is 20.8 Å². The van der Waals surface area contributed by atoms with Gasteiger partial charge in [-0.05, 0) is 75.8 Å². The summed E-state index contributed by atoms with van der Waals surface area (Å²) in [5.74, 6) is -0.992. The molecule has 2 saturated heterocycles. The van der Waals surface area contributed by atoms with Crippen LogP contribution in [0, 0.1) is 17.3 Å². The SMILES string of the molecule is CC(C)(C)OC(=O)C[C@H](NC(=O)[C@@H]1CCCN(C(=O)CCC2CCN(C(=O)O)C(C(C)(C)C)C2)C1)c1cncc(O)c1. The van der Waals surface area contributed by atoms with Crippen molar-refractivity contribution in [2.45, 2.75) is 104 Å². The first-order valence-corrected chi connectivity index (χ1v) is 15.0. The summed E-state index contributed by atoms with van der Waals surface area (Å²) in [7, 11) is 0. The standard InChI is InChI=1S/C31H48N4O7/c1-30(2,3)25-14-20(11-13-35(25)29(40)41)9-10-26(37)34-12-7-8-21(19-34)28(39)33-24(16-27(38)42-31(4,5)6)22-15-23(36)18-32-17-22/h15,17-18,20-21,24-25,36H,7-14,16,19H2,1-6H3,(H,33,39)(H,40,41)/t20?,21-,24+,25?/m1/s1. The summed E-state index contributed by atoms with van der Waals surface area (Å²) in [5.41, 5.74) is -0.390. The van der Waals surface area contributed by atoms with E-state index >= 15 is 0 Å². The molecule has 3 amide bonds. The molecule has 11 heteroatoms. The fourth-order valence-electron chi connectivity index (χ4n) is 5.98. The molecule has 1 aromatic heterocycles. The summed E-state index contributed by atoms with van der Waals surface area (Å²) >= 11 is 0. The predicted molar refractivity (Wildman–Crippen MR) is 156 cm³/mol. The number of carboxylic acid groups (broad SMARTS) is 1. The van der Waals surface area contributed by atoms with E-state index in [1.165, 1.54) is 23.4 Å². The van der Waals surface area contributed by atoms with Gasteiger partial charge in [0.15, 0.2) is 0 Å². The average Bonchev–Trinajstić information content (AvgIpc) is 2.89. The quantitative estimate of drug-likeness (QED) is 0.376. The van der Waals surface area contributed by atoms with Crippen LogP contribution in [0.25, 0.3) is 0 Å². The van der Waals surface area contributed by atoms with E-state index in [9.17, 15) is 29.4 Å². The molecule has 2 aliphatic rings. The van der Waals surface area contributed by atoms with E-state index < -0.39 is 29.6 Å². The Kier molecular flexibility index (Phi) is 10.8. The van der Waals surface area contributed by atoms with Crippen LogP contribution in [-0.2, 0) is 19.1 Å². The lowest BCUT2D eigenvalue weighted by atomic mass is 9.76. The van der Waals surface area contributed by atoms with E-state index in [-0.39, 0.29) is 41.4 Å². The number of amides is 3. The number of ether oxygens (including phenoxy) is 1. The van der Waals surface area contributed by atoms with E-state index in [1.54, 1.807) is 25.7 Å². The number of carbonyl (C=O) groups excluding carboxylic acids is 3. The van der Waals surface area contributed by atoms with Gasteiger partial charge < -0.3 is 30.1 Å². The maximum Gasteiger partial charge on any atom is 0.407 e. The molecule has 2 fully saturated rings. The van der Waals surface area contributed by atoms with Crippen molar-refractivity contribution < 1.29 is 34.1 Å². The Morgan fingerprint density at radius 3 is 2.43 bits per heavy atom. The minimum atomic E-state index is -0.893. The maximum atomic E-state index is 13.4. The molecule has 0 aliphatic carbocycles. The van der Waals surface area contributed by atoms with Crippen molar-refractivity contribution in [3.63, 3.8) is 0 Å². The van der Waals surface area contributed by atoms with Crippen LogP contribution in [0.2, 0.25) is 0 Å². The van der Waals surface area contributed by atoms with Crippen LogP contribution in [0.4, 0.5) is 4.79 Å². The molecule has 3 rings (SSSR count). The van der Waals surface area contributed by atoms with Crippen LogP contribution in [-0.4, -0.2) is 80.2 Å². The molecular weight excluding hydrogens is 540 g/mol. The number of pyridine rings is 1. The van der Waals surface area contributed by atoms with Crippen LogP contribution in [0.1, 0.15) is 98.1 Å². The molecule has 1 aromatic rings. The zero-order valence-corrected chi connectivity index (χ0v) is 25.9. The number of hydrogen-bond acceptors (Lipinski definition) is 7. The van der Waals surface area contributed by atoms with Crippen LogP contribution < -0.4 is 5.32 Å². The molecule has 11 nitrogen and oxygen atoms in total. The van der Waals surface area contributed by atoms with Gasteiger partial charge in [0.05, 0.1) is 24.6 Å². The summed E-state index contributed by atoms with van der Waals surface area (Å²) in [4.78, 5) is 58.2. The first kappa shape index (κ1) is 33.1. The zero-order chi connectivity index (χ0) is 31.2. The predicted octanol–water partition coefficient (Wildman–Crippen LogP) is 4.50. The molecular formula is C31H48N4O7. The van der Waals surface area contributed by atoms with Crippen molar-refractivity contribution in [3.8, 4) is 5.75 Å². The minimum Gasteiger partial charge on any atom is -0.506 e.